The van der Waals surface area contributed by atoms with Gasteiger partial charge in [0.25, 0.3) is 5.95 Å². The van der Waals surface area contributed by atoms with Gasteiger partial charge in [0.05, 0.1) is 6.20 Å². The lowest BCUT2D eigenvalue weighted by Crippen LogP contribution is -2.27. The van der Waals surface area contributed by atoms with Crippen LogP contribution in [0.1, 0.15) is 0 Å². The van der Waals surface area contributed by atoms with Gasteiger partial charge in [0.2, 0.25) is 6.20 Å². The predicted molar refractivity (Wildman–Crippen MR) is 35.6 cm³/mol. The Hall–Kier alpha value is -1.21. The molecule has 0 saturated carbocycles. The molecule has 0 fully saturated rings. The fraction of sp³-hybridized carbons (Fsp3) is 0.200. The van der Waals surface area contributed by atoms with Crippen LogP contribution in [-0.4, -0.2) is 12.2 Å². The number of hydrogen-bond acceptors (Lipinski definition) is 1. The van der Waals surface area contributed by atoms with E-state index in [4.69, 9.17) is 0 Å². The molecule has 1 aromatic heterocycles. The van der Waals surface area contributed by atoms with Gasteiger partial charge < -0.3 is 17.3 Å². The number of hydrogen-bond donors (Lipinski definition) is 0. The first-order chi connectivity index (χ1) is 5.79. The van der Waals surface area contributed by atoms with E-state index < -0.39 is 13.2 Å². The smallest absolute Gasteiger partial charge is 0.418 e. The van der Waals surface area contributed by atoms with Crippen LogP contribution in [0.25, 0.3) is 0 Å². The van der Waals surface area contributed by atoms with E-state index in [1.54, 1.807) is 17.8 Å². The van der Waals surface area contributed by atoms with Gasteiger partial charge in [0, 0.05) is 0 Å². The fourth-order valence-corrected chi connectivity index (χ4v) is 0.454. The van der Waals surface area contributed by atoms with Crippen molar-refractivity contribution in [3.63, 3.8) is 0 Å². The molecule has 0 saturated heterocycles. The molecule has 0 aromatic carbocycles. The van der Waals surface area contributed by atoms with E-state index in [1.807, 2.05) is 0 Å². The minimum atomic E-state index is -6.00. The minimum Gasteiger partial charge on any atom is -0.418 e. The van der Waals surface area contributed by atoms with Crippen molar-refractivity contribution in [2.24, 2.45) is 7.05 Å². The minimum absolute atomic E-state index is 0.449. The Balaban J connectivity index is 0.000000252. The van der Waals surface area contributed by atoms with Gasteiger partial charge in [-0.15, -0.1) is 0 Å². The van der Waals surface area contributed by atoms with Crippen LogP contribution in [0.15, 0.2) is 18.6 Å². The van der Waals surface area contributed by atoms with Gasteiger partial charge in [-0.3, -0.25) is 0 Å². The summed E-state index contributed by atoms with van der Waals surface area (Å²) in [4.78, 5) is 3.35. The third-order valence-electron chi connectivity index (χ3n) is 0.810. The van der Waals surface area contributed by atoms with Crippen LogP contribution < -0.4 is 4.57 Å². The lowest BCUT2D eigenvalue weighted by Gasteiger charge is -1.94. The highest BCUT2D eigenvalue weighted by Gasteiger charge is 2.20. The van der Waals surface area contributed by atoms with Gasteiger partial charge >= 0.3 is 7.25 Å². The Morgan fingerprint density at radius 1 is 1.31 bits per heavy atom. The van der Waals surface area contributed by atoms with Crippen molar-refractivity contribution in [3.8, 4) is 0 Å². The molecule has 1 aromatic rings. The maximum atomic E-state index is 12.0. The Labute approximate surface area is 71.1 Å². The molecule has 0 unspecified atom stereocenters. The SMILES string of the molecule is C[n+]1ccnc(F)c1.F[B-](F)(F)F. The number of aromatic nitrogens is 2. The lowest BCUT2D eigenvalue weighted by atomic mass is 10.3. The molecule has 1 rings (SSSR count). The number of nitrogens with zero attached hydrogens (tertiary/aromatic N) is 2. The average molecular weight is 200 g/mol. The highest BCUT2D eigenvalue weighted by Crippen LogP contribution is 2.06. The Morgan fingerprint density at radius 2 is 1.77 bits per heavy atom. The second kappa shape index (κ2) is 4.73. The maximum Gasteiger partial charge on any atom is 0.673 e. The second-order valence-corrected chi connectivity index (χ2v) is 2.04. The van der Waals surface area contributed by atoms with Crippen LogP contribution in [-0.2, 0) is 7.05 Å². The summed E-state index contributed by atoms with van der Waals surface area (Å²) in [5.74, 6) is -0.449. The topological polar surface area (TPSA) is 16.8 Å². The molecule has 0 amide bonds. The summed E-state index contributed by atoms with van der Waals surface area (Å²) in [6.07, 6.45) is 4.39. The summed E-state index contributed by atoms with van der Waals surface area (Å²) in [7, 11) is -4.26. The van der Waals surface area contributed by atoms with Gasteiger partial charge in [-0.1, -0.05) is 0 Å². The fourth-order valence-electron chi connectivity index (χ4n) is 0.454. The normalized spacial score (nSPS) is 10.3. The van der Waals surface area contributed by atoms with Crippen LogP contribution in [0.4, 0.5) is 21.7 Å². The van der Waals surface area contributed by atoms with Crippen molar-refractivity contribution in [1.29, 1.82) is 0 Å². The molecular weight excluding hydrogens is 194 g/mol. The molecule has 0 spiro atoms. The van der Waals surface area contributed by atoms with Crippen LogP contribution in [0, 0.1) is 5.95 Å². The zero-order valence-electron chi connectivity index (χ0n) is 6.59. The molecule has 1 heterocycles. The lowest BCUT2D eigenvalue weighted by molar-refractivity contribution is -0.673. The van der Waals surface area contributed by atoms with Crippen LogP contribution in [0.2, 0.25) is 0 Å². The summed E-state index contributed by atoms with van der Waals surface area (Å²) in [6.45, 7) is 0. The number of halogens is 5. The summed E-state index contributed by atoms with van der Waals surface area (Å²) in [6, 6.07) is 0. The summed E-state index contributed by atoms with van der Waals surface area (Å²) in [5.41, 5.74) is 0. The second-order valence-electron chi connectivity index (χ2n) is 2.04. The van der Waals surface area contributed by atoms with Crippen LogP contribution in [0.3, 0.4) is 0 Å². The van der Waals surface area contributed by atoms with Gasteiger partial charge in [-0.05, 0) is 0 Å². The van der Waals surface area contributed by atoms with Gasteiger partial charge in [0.1, 0.15) is 7.05 Å². The van der Waals surface area contributed by atoms with Crippen molar-refractivity contribution in [3.05, 3.63) is 24.5 Å². The molecule has 0 aliphatic carbocycles. The molecular formula is C5H6BF5N2. The van der Waals surface area contributed by atoms with Crippen molar-refractivity contribution in [2.75, 3.05) is 0 Å². The molecule has 0 aliphatic rings. The predicted octanol–water partition coefficient (Wildman–Crippen LogP) is 1.35. The molecule has 0 N–H and O–H groups in total. The summed E-state index contributed by atoms with van der Waals surface area (Å²) >= 11 is 0. The van der Waals surface area contributed by atoms with Gasteiger partial charge in [0.15, 0.2) is 6.20 Å². The van der Waals surface area contributed by atoms with Gasteiger partial charge in [-0.25, -0.2) is 9.55 Å². The van der Waals surface area contributed by atoms with E-state index in [1.165, 1.54) is 12.4 Å². The van der Waals surface area contributed by atoms with Crippen molar-refractivity contribution >= 4 is 7.25 Å². The molecule has 0 bridgehead atoms. The standard InChI is InChI=1S/C5H6FN2.BF4/c1-8-3-2-7-5(6)4-8;2-1(3,4)5/h2-4H,1H3;/q+1;-1. The molecule has 0 aliphatic heterocycles. The Bertz CT molecular complexity index is 240. The number of rotatable bonds is 0. The van der Waals surface area contributed by atoms with Crippen molar-refractivity contribution in [1.82, 2.24) is 4.98 Å². The quantitative estimate of drug-likeness (QED) is 0.350. The number of aryl methyl sites for hydroxylation is 1. The summed E-state index contributed by atoms with van der Waals surface area (Å²) < 4.78 is 52.6. The molecule has 0 atom stereocenters. The highest BCUT2D eigenvalue weighted by atomic mass is 19.5. The van der Waals surface area contributed by atoms with Crippen molar-refractivity contribution < 1.29 is 26.2 Å². The molecule has 13 heavy (non-hydrogen) atoms. The first-order valence-corrected chi connectivity index (χ1v) is 3.13. The molecule has 0 radical (unpaired) electrons. The highest BCUT2D eigenvalue weighted by molar-refractivity contribution is 6.50. The van der Waals surface area contributed by atoms with Crippen molar-refractivity contribution in [2.45, 2.75) is 0 Å². The molecule has 74 valence electrons. The van der Waals surface area contributed by atoms with E-state index in [2.05, 4.69) is 4.98 Å². The van der Waals surface area contributed by atoms with E-state index in [0.717, 1.165) is 0 Å². The monoisotopic (exact) mass is 200 g/mol. The van der Waals surface area contributed by atoms with Gasteiger partial charge in [-0.2, -0.15) is 4.39 Å². The average Bonchev–Trinajstić information content (AvgIpc) is 1.81. The van der Waals surface area contributed by atoms with E-state index in [-0.39, 0.29) is 0 Å². The van der Waals surface area contributed by atoms with E-state index in [9.17, 15) is 21.7 Å². The van der Waals surface area contributed by atoms with E-state index >= 15 is 0 Å². The van der Waals surface area contributed by atoms with Crippen LogP contribution in [0.5, 0.6) is 0 Å². The maximum absolute atomic E-state index is 12.0. The Kier molecular flexibility index (Phi) is 4.29. The van der Waals surface area contributed by atoms with E-state index in [0.29, 0.717) is 0 Å². The third-order valence-corrected chi connectivity index (χ3v) is 0.810. The van der Waals surface area contributed by atoms with Crippen LogP contribution >= 0.6 is 0 Å². The molecule has 2 nitrogen and oxygen atoms in total. The zero-order valence-corrected chi connectivity index (χ0v) is 6.59. The first kappa shape index (κ1) is 11.8. The first-order valence-electron chi connectivity index (χ1n) is 3.13. The third kappa shape index (κ3) is 10.8. The zero-order chi connectivity index (χ0) is 10.5. The Morgan fingerprint density at radius 3 is 2.00 bits per heavy atom. The molecule has 8 heteroatoms. The largest absolute Gasteiger partial charge is 0.673 e. The summed E-state index contributed by atoms with van der Waals surface area (Å²) in [5, 5.41) is 0.